The number of ether oxygens (including phenoxy) is 2. The summed E-state index contributed by atoms with van der Waals surface area (Å²) in [6.45, 7) is 1.97. The molecule has 1 atom stereocenters. The van der Waals surface area contributed by atoms with Gasteiger partial charge >= 0.3 is 5.97 Å². The maximum atomic E-state index is 10.9. The summed E-state index contributed by atoms with van der Waals surface area (Å²) >= 11 is 0. The first-order valence-electron chi connectivity index (χ1n) is 6.36. The number of hydrogen-bond acceptors (Lipinski definition) is 4. The normalized spacial score (nSPS) is 20.0. The number of carboxylic acid groups (broad SMARTS) is 1. The molecule has 1 aromatic carbocycles. The molecule has 1 fully saturated rings. The molecule has 5 nitrogen and oxygen atoms in total. The van der Waals surface area contributed by atoms with Crippen molar-refractivity contribution in [3.05, 3.63) is 23.8 Å². The minimum absolute atomic E-state index is 0.128. The number of benzene rings is 1. The predicted molar refractivity (Wildman–Crippen MR) is 71.1 cm³/mol. The average Bonchev–Trinajstić information content (AvgIpc) is 2.39. The Morgan fingerprint density at radius 2 is 2.21 bits per heavy atom. The topological polar surface area (TPSA) is 59.0 Å². The zero-order chi connectivity index (χ0) is 13.8. The predicted octanol–water partition coefficient (Wildman–Crippen LogP) is 1.87. The van der Waals surface area contributed by atoms with Crippen LogP contribution < -0.4 is 9.47 Å². The standard InChI is InChI=1S/C14H19NO4/c1-15-7-3-4-11(9-15)19-12-6-5-10(14(16)17)8-13(12)18-2/h5-6,8,11H,3-4,7,9H2,1-2H3,(H,16,17). The van der Waals surface area contributed by atoms with Crippen LogP contribution in [0.1, 0.15) is 23.2 Å². The molecule has 104 valence electrons. The molecule has 0 amide bonds. The van der Waals surface area contributed by atoms with E-state index in [1.165, 1.54) is 19.2 Å². The Kier molecular flexibility index (Phi) is 4.27. The van der Waals surface area contributed by atoms with Crippen LogP contribution in [0, 0.1) is 0 Å². The largest absolute Gasteiger partial charge is 0.493 e. The van der Waals surface area contributed by atoms with Gasteiger partial charge in [-0.3, -0.25) is 0 Å². The summed E-state index contributed by atoms with van der Waals surface area (Å²) in [5, 5.41) is 8.95. The summed E-state index contributed by atoms with van der Waals surface area (Å²) < 4.78 is 11.1. The van der Waals surface area contributed by atoms with Crippen LogP contribution in [0.3, 0.4) is 0 Å². The van der Waals surface area contributed by atoms with Gasteiger partial charge in [-0.2, -0.15) is 0 Å². The van der Waals surface area contributed by atoms with Crippen molar-refractivity contribution in [3.63, 3.8) is 0 Å². The number of hydrogen-bond donors (Lipinski definition) is 1. The van der Waals surface area contributed by atoms with Crippen molar-refractivity contribution in [2.24, 2.45) is 0 Å². The van der Waals surface area contributed by atoms with Crippen molar-refractivity contribution in [1.82, 2.24) is 4.90 Å². The average molecular weight is 265 g/mol. The molecule has 1 aliphatic heterocycles. The van der Waals surface area contributed by atoms with Gasteiger partial charge in [0.2, 0.25) is 0 Å². The molecule has 2 rings (SSSR count). The lowest BCUT2D eigenvalue weighted by Gasteiger charge is -2.30. The van der Waals surface area contributed by atoms with Gasteiger partial charge < -0.3 is 19.5 Å². The number of carbonyl (C=O) groups is 1. The fraction of sp³-hybridized carbons (Fsp3) is 0.500. The zero-order valence-corrected chi connectivity index (χ0v) is 11.3. The van der Waals surface area contributed by atoms with Gasteiger partial charge in [0, 0.05) is 6.54 Å². The van der Waals surface area contributed by atoms with Gasteiger partial charge in [0.25, 0.3) is 0 Å². The van der Waals surface area contributed by atoms with Crippen LogP contribution in [0.4, 0.5) is 0 Å². The van der Waals surface area contributed by atoms with Gasteiger partial charge in [0.15, 0.2) is 11.5 Å². The molecule has 0 saturated carbocycles. The van der Waals surface area contributed by atoms with Gasteiger partial charge in [-0.25, -0.2) is 4.79 Å². The molecular weight excluding hydrogens is 246 g/mol. The summed E-state index contributed by atoms with van der Waals surface area (Å²) in [7, 11) is 3.58. The second-order valence-corrected chi connectivity index (χ2v) is 4.82. The molecule has 1 unspecified atom stereocenters. The van der Waals surface area contributed by atoms with Crippen LogP contribution in [0.2, 0.25) is 0 Å². The molecule has 5 heteroatoms. The molecule has 0 aromatic heterocycles. The van der Waals surface area contributed by atoms with Crippen LogP contribution >= 0.6 is 0 Å². The zero-order valence-electron chi connectivity index (χ0n) is 11.3. The Hall–Kier alpha value is -1.75. The Balaban J connectivity index is 2.13. The molecule has 1 saturated heterocycles. The van der Waals surface area contributed by atoms with E-state index < -0.39 is 5.97 Å². The van der Waals surface area contributed by atoms with E-state index in [1.54, 1.807) is 6.07 Å². The van der Waals surface area contributed by atoms with E-state index in [-0.39, 0.29) is 11.7 Å². The lowest BCUT2D eigenvalue weighted by molar-refractivity contribution is 0.0696. The Bertz CT molecular complexity index is 461. The molecule has 19 heavy (non-hydrogen) atoms. The van der Waals surface area contributed by atoms with Crippen molar-refractivity contribution in [1.29, 1.82) is 0 Å². The summed E-state index contributed by atoms with van der Waals surface area (Å²) in [6.07, 6.45) is 2.24. The second-order valence-electron chi connectivity index (χ2n) is 4.82. The number of carboxylic acids is 1. The number of methoxy groups -OCH3 is 1. The summed E-state index contributed by atoms with van der Waals surface area (Å²) in [5.74, 6) is 0.100. The molecule has 0 aliphatic carbocycles. The summed E-state index contributed by atoms with van der Waals surface area (Å²) in [6, 6.07) is 4.69. The SMILES string of the molecule is COc1cc(C(=O)O)ccc1OC1CCCN(C)C1. The number of likely N-dealkylation sites (tertiary alicyclic amines) is 1. The van der Waals surface area contributed by atoms with E-state index in [4.69, 9.17) is 14.6 Å². The molecule has 0 spiro atoms. The van der Waals surface area contributed by atoms with Crippen molar-refractivity contribution in [3.8, 4) is 11.5 Å². The number of piperidine rings is 1. The molecule has 1 N–H and O–H groups in total. The third-order valence-electron chi connectivity index (χ3n) is 3.29. The Morgan fingerprint density at radius 3 is 2.84 bits per heavy atom. The van der Waals surface area contributed by atoms with Crippen LogP contribution in [-0.2, 0) is 0 Å². The van der Waals surface area contributed by atoms with Gasteiger partial charge in [0.1, 0.15) is 6.10 Å². The molecule has 1 heterocycles. The summed E-state index contributed by atoms with van der Waals surface area (Å²) in [4.78, 5) is 13.1. The first-order chi connectivity index (χ1) is 9.10. The molecule has 0 radical (unpaired) electrons. The first-order valence-corrected chi connectivity index (χ1v) is 6.36. The third kappa shape index (κ3) is 3.38. The second kappa shape index (κ2) is 5.93. The van der Waals surface area contributed by atoms with Crippen molar-refractivity contribution in [2.45, 2.75) is 18.9 Å². The highest BCUT2D eigenvalue weighted by Crippen LogP contribution is 2.30. The number of rotatable bonds is 4. The fourth-order valence-corrected chi connectivity index (χ4v) is 2.29. The number of nitrogens with zero attached hydrogens (tertiary/aromatic N) is 1. The van der Waals surface area contributed by atoms with Gasteiger partial charge in [-0.1, -0.05) is 0 Å². The first kappa shape index (κ1) is 13.7. The van der Waals surface area contributed by atoms with Crippen LogP contribution in [-0.4, -0.2) is 49.3 Å². The highest BCUT2D eigenvalue weighted by Gasteiger charge is 2.20. The minimum Gasteiger partial charge on any atom is -0.493 e. The van der Waals surface area contributed by atoms with Crippen molar-refractivity contribution in [2.75, 3.05) is 27.2 Å². The van der Waals surface area contributed by atoms with Crippen LogP contribution in [0.15, 0.2) is 18.2 Å². The van der Waals surface area contributed by atoms with E-state index in [2.05, 4.69) is 11.9 Å². The quantitative estimate of drug-likeness (QED) is 0.900. The lowest BCUT2D eigenvalue weighted by atomic mass is 10.1. The van der Waals surface area contributed by atoms with Gasteiger partial charge in [-0.15, -0.1) is 0 Å². The van der Waals surface area contributed by atoms with Crippen LogP contribution in [0.25, 0.3) is 0 Å². The monoisotopic (exact) mass is 265 g/mol. The van der Waals surface area contributed by atoms with E-state index in [0.29, 0.717) is 11.5 Å². The molecule has 0 bridgehead atoms. The fourth-order valence-electron chi connectivity index (χ4n) is 2.29. The van der Waals surface area contributed by atoms with Crippen molar-refractivity contribution >= 4 is 5.97 Å². The maximum absolute atomic E-state index is 10.9. The van der Waals surface area contributed by atoms with E-state index in [9.17, 15) is 4.79 Å². The third-order valence-corrected chi connectivity index (χ3v) is 3.29. The van der Waals surface area contributed by atoms with Crippen LogP contribution in [0.5, 0.6) is 11.5 Å². The molecular formula is C14H19NO4. The molecule has 1 aliphatic rings. The summed E-state index contributed by atoms with van der Waals surface area (Å²) in [5.41, 5.74) is 0.199. The Morgan fingerprint density at radius 1 is 1.42 bits per heavy atom. The van der Waals surface area contributed by atoms with E-state index in [1.807, 2.05) is 0 Å². The van der Waals surface area contributed by atoms with E-state index in [0.717, 1.165) is 25.9 Å². The molecule has 1 aromatic rings. The Labute approximate surface area is 112 Å². The highest BCUT2D eigenvalue weighted by molar-refractivity contribution is 5.88. The van der Waals surface area contributed by atoms with Gasteiger partial charge in [-0.05, 0) is 44.6 Å². The highest BCUT2D eigenvalue weighted by atomic mass is 16.5. The van der Waals surface area contributed by atoms with E-state index >= 15 is 0 Å². The number of aromatic carboxylic acids is 1. The lowest BCUT2D eigenvalue weighted by Crippen LogP contribution is -2.38. The van der Waals surface area contributed by atoms with Crippen molar-refractivity contribution < 1.29 is 19.4 Å². The minimum atomic E-state index is -0.970. The number of likely N-dealkylation sites (N-methyl/N-ethyl adjacent to an activating group) is 1. The smallest absolute Gasteiger partial charge is 0.335 e. The van der Waals surface area contributed by atoms with Gasteiger partial charge in [0.05, 0.1) is 12.7 Å². The maximum Gasteiger partial charge on any atom is 0.335 e.